The molecule has 1 N–H and O–H groups in total. The van der Waals surface area contributed by atoms with Crippen LogP contribution in [0, 0.1) is 5.82 Å². The van der Waals surface area contributed by atoms with Gasteiger partial charge in [-0.05, 0) is 43.2 Å². The normalized spacial score (nSPS) is 11.6. The lowest BCUT2D eigenvalue weighted by Gasteiger charge is -2.12. The second kappa shape index (κ2) is 8.99. The van der Waals surface area contributed by atoms with Crippen LogP contribution in [0.4, 0.5) is 4.39 Å². The van der Waals surface area contributed by atoms with E-state index in [-0.39, 0.29) is 17.1 Å². The molecule has 0 saturated carbocycles. The molecule has 28 heavy (non-hydrogen) atoms. The molecule has 1 aromatic heterocycles. The zero-order chi connectivity index (χ0) is 19.9. The topological polar surface area (TPSA) is 68.5 Å². The number of ether oxygens (including phenoxy) is 1. The van der Waals surface area contributed by atoms with Crippen molar-refractivity contribution in [3.8, 4) is 11.3 Å². The van der Waals surface area contributed by atoms with Crippen LogP contribution in [0.15, 0.2) is 71.1 Å². The van der Waals surface area contributed by atoms with Gasteiger partial charge in [-0.15, -0.1) is 0 Å². The summed E-state index contributed by atoms with van der Waals surface area (Å²) in [5.74, 6) is -1.52. The molecule has 3 aromatic rings. The molecular weight excluding hydrogens is 361 g/mol. The number of benzene rings is 2. The molecule has 0 aliphatic heterocycles. The molecule has 1 amide bonds. The van der Waals surface area contributed by atoms with E-state index in [0.29, 0.717) is 13.0 Å². The Morgan fingerprint density at radius 2 is 1.75 bits per heavy atom. The van der Waals surface area contributed by atoms with Crippen LogP contribution in [0.25, 0.3) is 11.3 Å². The van der Waals surface area contributed by atoms with Crippen molar-refractivity contribution in [3.05, 3.63) is 83.9 Å². The predicted octanol–water partition coefficient (Wildman–Crippen LogP) is 3.99. The third-order valence-electron chi connectivity index (χ3n) is 4.16. The molecule has 5 nitrogen and oxygen atoms in total. The minimum Gasteiger partial charge on any atom is -0.449 e. The summed E-state index contributed by atoms with van der Waals surface area (Å²) in [4.78, 5) is 24.3. The molecule has 1 unspecified atom stereocenters. The number of carbonyl (C=O) groups is 2. The molecule has 0 radical (unpaired) electrons. The quantitative estimate of drug-likeness (QED) is 0.629. The van der Waals surface area contributed by atoms with E-state index in [0.717, 1.165) is 5.56 Å². The highest BCUT2D eigenvalue weighted by Crippen LogP contribution is 2.25. The summed E-state index contributed by atoms with van der Waals surface area (Å²) in [6.07, 6.45) is -0.303. The zero-order valence-corrected chi connectivity index (χ0v) is 15.4. The fraction of sp³-hybridized carbons (Fsp3) is 0.182. The molecule has 1 heterocycles. The molecular formula is C22H20FNO4. The number of esters is 1. The van der Waals surface area contributed by atoms with Gasteiger partial charge in [0.25, 0.3) is 5.91 Å². The summed E-state index contributed by atoms with van der Waals surface area (Å²) >= 11 is 0. The first kappa shape index (κ1) is 19.4. The highest BCUT2D eigenvalue weighted by Gasteiger charge is 2.21. The van der Waals surface area contributed by atoms with Gasteiger partial charge in [0.2, 0.25) is 5.76 Å². The highest BCUT2D eigenvalue weighted by atomic mass is 19.1. The number of carbonyl (C=O) groups excluding carboxylic acids is 2. The van der Waals surface area contributed by atoms with Crippen LogP contribution in [-0.4, -0.2) is 24.5 Å². The minimum absolute atomic E-state index is 0.0952. The van der Waals surface area contributed by atoms with Crippen LogP contribution >= 0.6 is 0 Å². The molecule has 3 rings (SSSR count). The molecule has 0 aliphatic carbocycles. The Morgan fingerprint density at radius 1 is 1.04 bits per heavy atom. The van der Waals surface area contributed by atoms with E-state index in [1.54, 1.807) is 18.2 Å². The van der Waals surface area contributed by atoms with Crippen molar-refractivity contribution in [2.75, 3.05) is 6.54 Å². The zero-order valence-electron chi connectivity index (χ0n) is 15.4. The number of rotatable bonds is 7. The maximum absolute atomic E-state index is 13.8. The largest absolute Gasteiger partial charge is 0.449 e. The van der Waals surface area contributed by atoms with Crippen LogP contribution < -0.4 is 5.32 Å². The van der Waals surface area contributed by atoms with Gasteiger partial charge in [0, 0.05) is 6.54 Å². The van der Waals surface area contributed by atoms with E-state index in [4.69, 9.17) is 9.15 Å². The third-order valence-corrected chi connectivity index (χ3v) is 4.16. The molecule has 0 fully saturated rings. The average Bonchev–Trinajstić information content (AvgIpc) is 3.19. The van der Waals surface area contributed by atoms with Crippen LogP contribution in [0.5, 0.6) is 0 Å². The fourth-order valence-corrected chi connectivity index (χ4v) is 2.64. The first-order chi connectivity index (χ1) is 13.5. The third kappa shape index (κ3) is 4.85. The second-order valence-corrected chi connectivity index (χ2v) is 6.22. The van der Waals surface area contributed by atoms with E-state index >= 15 is 0 Å². The summed E-state index contributed by atoms with van der Waals surface area (Å²) in [5.41, 5.74) is 1.34. The molecule has 0 spiro atoms. The van der Waals surface area contributed by atoms with Gasteiger partial charge >= 0.3 is 5.97 Å². The number of hydrogen-bond donors (Lipinski definition) is 1. The summed E-state index contributed by atoms with van der Waals surface area (Å²) < 4.78 is 24.3. The summed E-state index contributed by atoms with van der Waals surface area (Å²) in [5, 5.41) is 2.73. The van der Waals surface area contributed by atoms with E-state index in [1.165, 1.54) is 25.1 Å². The molecule has 2 aromatic carbocycles. The predicted molar refractivity (Wildman–Crippen MR) is 102 cm³/mol. The Kier molecular flexibility index (Phi) is 6.22. The molecule has 0 aliphatic rings. The maximum Gasteiger partial charge on any atom is 0.375 e. The van der Waals surface area contributed by atoms with E-state index < -0.39 is 23.8 Å². The molecule has 1 atom stereocenters. The first-order valence-electron chi connectivity index (χ1n) is 8.92. The van der Waals surface area contributed by atoms with Crippen molar-refractivity contribution in [1.29, 1.82) is 0 Å². The van der Waals surface area contributed by atoms with Crippen molar-refractivity contribution < 1.29 is 23.1 Å². The lowest BCUT2D eigenvalue weighted by atomic mass is 10.1. The van der Waals surface area contributed by atoms with Crippen LogP contribution in [0.1, 0.15) is 23.0 Å². The van der Waals surface area contributed by atoms with E-state index in [1.807, 2.05) is 30.3 Å². The number of halogens is 1. The van der Waals surface area contributed by atoms with Gasteiger partial charge in [-0.25, -0.2) is 9.18 Å². The first-order valence-corrected chi connectivity index (χ1v) is 8.92. The molecule has 0 saturated heterocycles. The van der Waals surface area contributed by atoms with E-state index in [9.17, 15) is 14.0 Å². The van der Waals surface area contributed by atoms with Crippen molar-refractivity contribution in [2.45, 2.75) is 19.4 Å². The van der Waals surface area contributed by atoms with E-state index in [2.05, 4.69) is 5.32 Å². The maximum atomic E-state index is 13.8. The number of nitrogens with one attached hydrogen (secondary N) is 1. The number of hydrogen-bond acceptors (Lipinski definition) is 4. The monoisotopic (exact) mass is 381 g/mol. The van der Waals surface area contributed by atoms with Crippen molar-refractivity contribution in [3.63, 3.8) is 0 Å². The Bertz CT molecular complexity index is 952. The minimum atomic E-state index is -0.981. The van der Waals surface area contributed by atoms with Crippen LogP contribution in [-0.2, 0) is 16.0 Å². The fourth-order valence-electron chi connectivity index (χ4n) is 2.64. The lowest BCUT2D eigenvalue weighted by molar-refractivity contribution is -0.129. The summed E-state index contributed by atoms with van der Waals surface area (Å²) in [6, 6.07) is 18.7. The lowest BCUT2D eigenvalue weighted by Crippen LogP contribution is -2.36. The highest BCUT2D eigenvalue weighted by molar-refractivity contribution is 5.90. The standard InChI is InChI=1S/C22H20FNO4/c1-15(21(25)24-14-13-16-7-3-2-4-8-16)27-22(26)20-12-11-19(28-20)17-9-5-6-10-18(17)23/h2-12,15H,13-14H2,1H3,(H,24,25). The van der Waals surface area contributed by atoms with Crippen molar-refractivity contribution >= 4 is 11.9 Å². The Hall–Kier alpha value is -3.41. The van der Waals surface area contributed by atoms with Gasteiger partial charge in [-0.2, -0.15) is 0 Å². The SMILES string of the molecule is CC(OC(=O)c1ccc(-c2ccccc2F)o1)C(=O)NCCc1ccccc1. The Morgan fingerprint density at radius 3 is 2.50 bits per heavy atom. The second-order valence-electron chi connectivity index (χ2n) is 6.22. The number of amides is 1. The number of furan rings is 1. The smallest absolute Gasteiger partial charge is 0.375 e. The van der Waals surface area contributed by atoms with Crippen LogP contribution in [0.3, 0.4) is 0 Å². The average molecular weight is 381 g/mol. The molecule has 0 bridgehead atoms. The summed E-state index contributed by atoms with van der Waals surface area (Å²) in [6.45, 7) is 1.92. The summed E-state index contributed by atoms with van der Waals surface area (Å²) in [7, 11) is 0. The van der Waals surface area contributed by atoms with Gasteiger partial charge in [-0.1, -0.05) is 42.5 Å². The Balaban J connectivity index is 1.52. The molecule has 6 heteroatoms. The van der Waals surface area contributed by atoms with Gasteiger partial charge in [-0.3, -0.25) is 4.79 Å². The Labute approximate surface area is 162 Å². The van der Waals surface area contributed by atoms with Crippen molar-refractivity contribution in [2.24, 2.45) is 0 Å². The van der Waals surface area contributed by atoms with Gasteiger partial charge in [0.15, 0.2) is 6.10 Å². The van der Waals surface area contributed by atoms with Gasteiger partial charge in [0.1, 0.15) is 11.6 Å². The van der Waals surface area contributed by atoms with Gasteiger partial charge < -0.3 is 14.5 Å². The van der Waals surface area contributed by atoms with Gasteiger partial charge in [0.05, 0.1) is 5.56 Å². The van der Waals surface area contributed by atoms with Crippen LogP contribution in [0.2, 0.25) is 0 Å². The van der Waals surface area contributed by atoms with Crippen molar-refractivity contribution in [1.82, 2.24) is 5.32 Å². The molecule has 144 valence electrons.